The van der Waals surface area contributed by atoms with Crippen LogP contribution in [0.5, 0.6) is 11.5 Å². The number of aryl methyl sites for hydroxylation is 3. The van der Waals surface area contributed by atoms with Crippen molar-refractivity contribution in [2.24, 2.45) is 0 Å². The van der Waals surface area contributed by atoms with E-state index in [1.54, 1.807) is 0 Å². The summed E-state index contributed by atoms with van der Waals surface area (Å²) in [5.41, 5.74) is 5.04. The van der Waals surface area contributed by atoms with E-state index in [2.05, 4.69) is 44.9 Å². The minimum absolute atomic E-state index is 0.0985. The van der Waals surface area contributed by atoms with Crippen LogP contribution in [0.4, 0.5) is 5.69 Å². The molecule has 3 rings (SSSR count). The van der Waals surface area contributed by atoms with Crippen LogP contribution < -0.4 is 14.8 Å². The highest BCUT2D eigenvalue weighted by atomic mass is 127. The number of hydrogen-bond acceptors (Lipinski definition) is 4. The van der Waals surface area contributed by atoms with Gasteiger partial charge in [0, 0.05) is 24.3 Å². The highest BCUT2D eigenvalue weighted by molar-refractivity contribution is 14.1. The van der Waals surface area contributed by atoms with E-state index in [4.69, 9.17) is 21.7 Å². The van der Waals surface area contributed by atoms with Crippen molar-refractivity contribution in [1.29, 1.82) is 0 Å². The maximum atomic E-state index is 12.6. The third-order valence-electron chi connectivity index (χ3n) is 5.24. The number of carbonyl (C=O) groups is 1. The first-order valence-electron chi connectivity index (χ1n) is 10.6. The maximum Gasteiger partial charge on any atom is 0.262 e. The van der Waals surface area contributed by atoms with Crippen LogP contribution in [0, 0.1) is 24.3 Å². The van der Waals surface area contributed by atoms with Gasteiger partial charge in [-0.25, -0.2) is 0 Å². The predicted molar refractivity (Wildman–Crippen MR) is 138 cm³/mol. The molecule has 0 unspecified atom stereocenters. The average molecular weight is 552 g/mol. The van der Waals surface area contributed by atoms with Gasteiger partial charge in [0.15, 0.2) is 18.1 Å². The van der Waals surface area contributed by atoms with Crippen LogP contribution in [0.1, 0.15) is 42.0 Å². The van der Waals surface area contributed by atoms with Crippen molar-refractivity contribution >= 4 is 51.4 Å². The first-order valence-corrected chi connectivity index (χ1v) is 12.0. The van der Waals surface area contributed by atoms with Gasteiger partial charge in [-0.2, -0.15) is 0 Å². The fourth-order valence-electron chi connectivity index (χ4n) is 3.89. The quantitative estimate of drug-likeness (QED) is 0.368. The number of rotatable bonds is 7. The van der Waals surface area contributed by atoms with Crippen LogP contribution in [0.2, 0.25) is 0 Å². The Labute approximate surface area is 203 Å². The molecular formula is C24H29IN2O3S. The molecule has 1 saturated heterocycles. The van der Waals surface area contributed by atoms with Gasteiger partial charge < -0.3 is 19.7 Å². The largest absolute Gasteiger partial charge is 0.490 e. The second-order valence-electron chi connectivity index (χ2n) is 7.83. The van der Waals surface area contributed by atoms with Crippen LogP contribution in [0.25, 0.3) is 0 Å². The molecular weight excluding hydrogens is 523 g/mol. The van der Waals surface area contributed by atoms with Crippen molar-refractivity contribution in [2.45, 2.75) is 40.5 Å². The smallest absolute Gasteiger partial charge is 0.262 e. The second kappa shape index (κ2) is 10.6. The number of likely N-dealkylation sites (tertiary alicyclic amines) is 1. The van der Waals surface area contributed by atoms with Crippen molar-refractivity contribution < 1.29 is 14.3 Å². The third-order valence-corrected chi connectivity index (χ3v) is 6.53. The Morgan fingerprint density at radius 1 is 1.10 bits per heavy atom. The summed E-state index contributed by atoms with van der Waals surface area (Å²) in [7, 11) is 0. The maximum absolute atomic E-state index is 12.6. The zero-order valence-electron chi connectivity index (χ0n) is 18.5. The highest BCUT2D eigenvalue weighted by Crippen LogP contribution is 2.35. The van der Waals surface area contributed by atoms with Gasteiger partial charge in [0.2, 0.25) is 0 Å². The van der Waals surface area contributed by atoms with Crippen molar-refractivity contribution in [3.8, 4) is 11.5 Å². The summed E-state index contributed by atoms with van der Waals surface area (Å²) in [5, 5.41) is 2.98. The molecule has 0 aromatic heterocycles. The number of benzene rings is 2. The number of ether oxygens (including phenoxy) is 2. The Morgan fingerprint density at radius 2 is 1.74 bits per heavy atom. The number of carbonyl (C=O) groups excluding carboxylic acids is 1. The number of nitrogens with one attached hydrogen (secondary N) is 1. The first kappa shape index (κ1) is 23.8. The predicted octanol–water partition coefficient (Wildman–Crippen LogP) is 5.40. The van der Waals surface area contributed by atoms with Gasteiger partial charge in [-0.3, -0.25) is 4.79 Å². The van der Waals surface area contributed by atoms with Crippen LogP contribution in [0.3, 0.4) is 0 Å². The van der Waals surface area contributed by atoms with Crippen molar-refractivity contribution in [2.75, 3.05) is 31.6 Å². The van der Waals surface area contributed by atoms with Gasteiger partial charge in [-0.15, -0.1) is 0 Å². The molecule has 31 heavy (non-hydrogen) atoms. The molecule has 7 heteroatoms. The Bertz CT molecular complexity index is 964. The zero-order chi connectivity index (χ0) is 22.5. The molecule has 1 heterocycles. The van der Waals surface area contributed by atoms with Gasteiger partial charge in [0.05, 0.1) is 10.2 Å². The molecule has 166 valence electrons. The van der Waals surface area contributed by atoms with E-state index >= 15 is 0 Å². The zero-order valence-corrected chi connectivity index (χ0v) is 21.5. The molecule has 2 aromatic carbocycles. The van der Waals surface area contributed by atoms with Crippen LogP contribution in [0.15, 0.2) is 24.3 Å². The number of amides is 1. The average Bonchev–Trinajstić information content (AvgIpc) is 3.24. The lowest BCUT2D eigenvalue weighted by molar-refractivity contribution is -0.118. The molecule has 0 bridgehead atoms. The molecule has 1 N–H and O–H groups in total. The van der Waals surface area contributed by atoms with Crippen molar-refractivity contribution in [3.05, 3.63) is 50.1 Å². The topological polar surface area (TPSA) is 50.8 Å². The van der Waals surface area contributed by atoms with Crippen LogP contribution in [-0.2, 0) is 4.79 Å². The monoisotopic (exact) mass is 552 g/mol. The van der Waals surface area contributed by atoms with Gasteiger partial charge in [-0.1, -0.05) is 29.9 Å². The molecule has 0 aliphatic carbocycles. The molecule has 1 aliphatic heterocycles. The van der Waals surface area contributed by atoms with Crippen LogP contribution in [-0.4, -0.2) is 42.1 Å². The first-order chi connectivity index (χ1) is 14.8. The normalized spacial score (nSPS) is 13.3. The van der Waals surface area contributed by atoms with E-state index in [1.807, 2.05) is 39.8 Å². The SMILES string of the molecule is CCOc1cc(C(=S)N2CCCC2)cc(I)c1OCC(=O)Nc1c(C)cc(C)cc1C. The van der Waals surface area contributed by atoms with Crippen molar-refractivity contribution in [1.82, 2.24) is 4.90 Å². The fraction of sp³-hybridized carbons (Fsp3) is 0.417. The fourth-order valence-corrected chi connectivity index (χ4v) is 4.95. The lowest BCUT2D eigenvalue weighted by atomic mass is 10.1. The minimum Gasteiger partial charge on any atom is -0.490 e. The highest BCUT2D eigenvalue weighted by Gasteiger charge is 2.20. The summed E-state index contributed by atoms with van der Waals surface area (Å²) in [6.45, 7) is 10.4. The van der Waals surface area contributed by atoms with Gasteiger partial charge in [0.25, 0.3) is 5.91 Å². The Hall–Kier alpha value is -1.87. The lowest BCUT2D eigenvalue weighted by Crippen LogP contribution is -2.27. The van der Waals surface area contributed by atoms with Gasteiger partial charge in [0.1, 0.15) is 4.99 Å². The number of hydrogen-bond donors (Lipinski definition) is 1. The Morgan fingerprint density at radius 3 is 2.35 bits per heavy atom. The molecule has 2 aromatic rings. The van der Waals surface area contributed by atoms with Crippen molar-refractivity contribution in [3.63, 3.8) is 0 Å². The number of thiocarbonyl (C=S) groups is 1. The number of halogens is 1. The lowest BCUT2D eigenvalue weighted by Gasteiger charge is -2.21. The number of nitrogens with zero attached hydrogens (tertiary/aromatic N) is 1. The molecule has 0 spiro atoms. The summed E-state index contributed by atoms with van der Waals surface area (Å²) < 4.78 is 12.6. The van der Waals surface area contributed by atoms with E-state index in [1.165, 1.54) is 18.4 Å². The second-order valence-corrected chi connectivity index (χ2v) is 9.38. The Kier molecular flexibility index (Phi) is 8.16. The Balaban J connectivity index is 1.74. The molecule has 0 atom stereocenters. The molecule has 1 aliphatic rings. The van der Waals surface area contributed by atoms with Gasteiger partial charge in [-0.05, 0) is 86.4 Å². The molecule has 0 radical (unpaired) electrons. The van der Waals surface area contributed by atoms with E-state index in [9.17, 15) is 4.79 Å². The third kappa shape index (κ3) is 5.88. The number of anilines is 1. The molecule has 5 nitrogen and oxygen atoms in total. The summed E-state index contributed by atoms with van der Waals surface area (Å²) in [6, 6.07) is 8.04. The van der Waals surface area contributed by atoms with Gasteiger partial charge >= 0.3 is 0 Å². The van der Waals surface area contributed by atoms with Crippen LogP contribution >= 0.6 is 34.8 Å². The van der Waals surface area contributed by atoms with E-state index in [0.717, 1.165) is 44.0 Å². The standard InChI is InChI=1S/C24H29IN2O3S/c1-5-29-20-13-18(24(31)27-8-6-7-9-27)12-19(25)23(20)30-14-21(28)26-22-16(3)10-15(2)11-17(22)4/h10-13H,5-9,14H2,1-4H3,(H,26,28). The van der Waals surface area contributed by atoms with E-state index < -0.39 is 0 Å². The summed E-state index contributed by atoms with van der Waals surface area (Å²) in [6.07, 6.45) is 2.34. The summed E-state index contributed by atoms with van der Waals surface area (Å²) >= 11 is 7.92. The molecule has 1 amide bonds. The molecule has 1 fully saturated rings. The molecule has 0 saturated carbocycles. The van der Waals surface area contributed by atoms with E-state index in [-0.39, 0.29) is 12.5 Å². The summed E-state index contributed by atoms with van der Waals surface area (Å²) in [5.74, 6) is 0.981. The summed E-state index contributed by atoms with van der Waals surface area (Å²) in [4.78, 5) is 15.7. The minimum atomic E-state index is -0.204. The van der Waals surface area contributed by atoms with E-state index in [0.29, 0.717) is 18.1 Å².